The van der Waals surface area contributed by atoms with Gasteiger partial charge in [0.15, 0.2) is 11.5 Å². The summed E-state index contributed by atoms with van der Waals surface area (Å²) in [6.07, 6.45) is 5.19. The van der Waals surface area contributed by atoms with E-state index in [0.29, 0.717) is 54.6 Å². The summed E-state index contributed by atoms with van der Waals surface area (Å²) in [7, 11) is 3.27. The first kappa shape index (κ1) is 25.6. The van der Waals surface area contributed by atoms with Crippen LogP contribution in [0.5, 0.6) is 17.2 Å². The SMILES string of the molecule is CCCCCCOc1ccc(C2c3c(-c4ccccc4O)n[nH]c3C(=O)N2CCCOC)cc1OC. The van der Waals surface area contributed by atoms with Gasteiger partial charge in [-0.05, 0) is 42.7 Å². The Kier molecular flexibility index (Phi) is 8.48. The Morgan fingerprint density at radius 1 is 1.03 bits per heavy atom. The summed E-state index contributed by atoms with van der Waals surface area (Å²) in [5, 5.41) is 17.9. The van der Waals surface area contributed by atoms with Gasteiger partial charge in [0.05, 0.1) is 19.8 Å². The van der Waals surface area contributed by atoms with Gasteiger partial charge in [0.25, 0.3) is 5.91 Å². The predicted octanol–water partition coefficient (Wildman–Crippen LogP) is 5.33. The number of fused-ring (bicyclic) bond motifs is 1. The van der Waals surface area contributed by atoms with Gasteiger partial charge in [-0.25, -0.2) is 0 Å². The van der Waals surface area contributed by atoms with E-state index in [1.165, 1.54) is 12.8 Å². The quantitative estimate of drug-likeness (QED) is 0.312. The first-order valence-electron chi connectivity index (χ1n) is 12.6. The van der Waals surface area contributed by atoms with Crippen molar-refractivity contribution in [1.29, 1.82) is 0 Å². The summed E-state index contributed by atoms with van der Waals surface area (Å²) < 4.78 is 16.9. The van der Waals surface area contributed by atoms with E-state index in [9.17, 15) is 9.90 Å². The van der Waals surface area contributed by atoms with Crippen LogP contribution in [0.25, 0.3) is 11.3 Å². The maximum Gasteiger partial charge on any atom is 0.273 e. The number of nitrogens with one attached hydrogen (secondary N) is 1. The number of benzene rings is 2. The fourth-order valence-corrected chi connectivity index (χ4v) is 4.72. The largest absolute Gasteiger partial charge is 0.507 e. The highest BCUT2D eigenvalue weighted by atomic mass is 16.5. The number of ether oxygens (including phenoxy) is 3. The van der Waals surface area contributed by atoms with Crippen LogP contribution in [0, 0.1) is 0 Å². The molecule has 1 atom stereocenters. The zero-order chi connectivity index (χ0) is 25.5. The number of hydrogen-bond acceptors (Lipinski definition) is 6. The van der Waals surface area contributed by atoms with Gasteiger partial charge in [-0.1, -0.05) is 44.4 Å². The Labute approximate surface area is 212 Å². The van der Waals surface area contributed by atoms with Crippen molar-refractivity contribution in [2.45, 2.75) is 45.1 Å². The summed E-state index contributed by atoms with van der Waals surface area (Å²) in [4.78, 5) is 15.3. The number of amides is 1. The maximum absolute atomic E-state index is 13.4. The van der Waals surface area contributed by atoms with Gasteiger partial charge < -0.3 is 24.2 Å². The van der Waals surface area contributed by atoms with Crippen LogP contribution < -0.4 is 9.47 Å². The number of para-hydroxylation sites is 1. The van der Waals surface area contributed by atoms with Gasteiger partial charge >= 0.3 is 0 Å². The number of aromatic hydroxyl groups is 1. The molecule has 1 aliphatic rings. The molecule has 0 saturated carbocycles. The molecule has 0 radical (unpaired) electrons. The zero-order valence-electron chi connectivity index (χ0n) is 21.3. The van der Waals surface area contributed by atoms with Crippen LogP contribution in [0.2, 0.25) is 0 Å². The number of phenolic OH excluding ortho intramolecular Hbond substituents is 1. The second-order valence-electron chi connectivity index (χ2n) is 8.94. The van der Waals surface area contributed by atoms with E-state index in [4.69, 9.17) is 14.2 Å². The minimum atomic E-state index is -0.398. The number of aromatic amines is 1. The van der Waals surface area contributed by atoms with E-state index in [1.807, 2.05) is 29.2 Å². The van der Waals surface area contributed by atoms with E-state index >= 15 is 0 Å². The molecule has 8 heteroatoms. The van der Waals surface area contributed by atoms with Gasteiger partial charge in [-0.15, -0.1) is 0 Å². The molecule has 1 unspecified atom stereocenters. The third-order valence-corrected chi connectivity index (χ3v) is 6.53. The smallest absolute Gasteiger partial charge is 0.273 e. The topological polar surface area (TPSA) is 96.9 Å². The van der Waals surface area contributed by atoms with Crippen LogP contribution in [0.4, 0.5) is 0 Å². The molecule has 1 aliphatic heterocycles. The van der Waals surface area contributed by atoms with Crippen LogP contribution in [0.1, 0.15) is 66.7 Å². The normalized spacial score (nSPS) is 14.8. The lowest BCUT2D eigenvalue weighted by atomic mass is 9.95. The van der Waals surface area contributed by atoms with E-state index in [1.54, 1.807) is 32.4 Å². The molecule has 36 heavy (non-hydrogen) atoms. The molecule has 1 aromatic heterocycles. The van der Waals surface area contributed by atoms with Crippen molar-refractivity contribution in [3.05, 3.63) is 59.3 Å². The summed E-state index contributed by atoms with van der Waals surface area (Å²) in [6.45, 7) is 3.87. The number of nitrogens with zero attached hydrogens (tertiary/aromatic N) is 2. The number of unbranched alkanes of at least 4 members (excludes halogenated alkanes) is 3. The summed E-state index contributed by atoms with van der Waals surface area (Å²) >= 11 is 0. The van der Waals surface area contributed by atoms with Crippen molar-refractivity contribution in [3.8, 4) is 28.5 Å². The third-order valence-electron chi connectivity index (χ3n) is 6.53. The van der Waals surface area contributed by atoms with Crippen molar-refractivity contribution in [1.82, 2.24) is 15.1 Å². The van der Waals surface area contributed by atoms with Gasteiger partial charge in [0, 0.05) is 31.4 Å². The molecule has 3 aromatic rings. The molecular formula is C28H35N3O5. The van der Waals surface area contributed by atoms with Crippen molar-refractivity contribution in [3.63, 3.8) is 0 Å². The van der Waals surface area contributed by atoms with Gasteiger partial charge in [-0.3, -0.25) is 9.89 Å². The number of carbonyl (C=O) groups excluding carboxylic acids is 1. The fourth-order valence-electron chi connectivity index (χ4n) is 4.72. The molecular weight excluding hydrogens is 458 g/mol. The number of carbonyl (C=O) groups is 1. The van der Waals surface area contributed by atoms with Gasteiger partial charge in [0.2, 0.25) is 0 Å². The predicted molar refractivity (Wildman–Crippen MR) is 138 cm³/mol. The average molecular weight is 494 g/mol. The molecule has 192 valence electrons. The molecule has 2 heterocycles. The molecule has 4 rings (SSSR count). The molecule has 0 fully saturated rings. The number of phenols is 1. The number of hydrogen-bond donors (Lipinski definition) is 2. The van der Waals surface area contributed by atoms with Crippen LogP contribution in [0.15, 0.2) is 42.5 Å². The molecule has 2 N–H and O–H groups in total. The van der Waals surface area contributed by atoms with E-state index in [0.717, 1.165) is 24.0 Å². The number of H-pyrrole nitrogens is 1. The van der Waals surface area contributed by atoms with Gasteiger partial charge in [-0.2, -0.15) is 5.10 Å². The number of methoxy groups -OCH3 is 2. The van der Waals surface area contributed by atoms with Crippen LogP contribution in [0.3, 0.4) is 0 Å². The second-order valence-corrected chi connectivity index (χ2v) is 8.94. The van der Waals surface area contributed by atoms with Crippen LogP contribution in [-0.2, 0) is 4.74 Å². The lowest BCUT2D eigenvalue weighted by Gasteiger charge is -2.27. The van der Waals surface area contributed by atoms with Crippen LogP contribution >= 0.6 is 0 Å². The van der Waals surface area contributed by atoms with Gasteiger partial charge in [0.1, 0.15) is 17.1 Å². The Morgan fingerprint density at radius 2 is 1.86 bits per heavy atom. The Bertz CT molecular complexity index is 1180. The highest BCUT2D eigenvalue weighted by Gasteiger charge is 2.42. The first-order chi connectivity index (χ1) is 17.6. The standard InChI is InChI=1S/C28H35N3O5/c1-4-5-6-9-17-36-22-14-13-19(18-23(22)35-3)27-24-25(20-11-7-8-12-21(20)32)29-30-26(24)28(33)31(27)15-10-16-34-2/h7-8,11-14,18,27,32H,4-6,9-10,15-17H2,1-3H3,(H,29,30). The van der Waals surface area contributed by atoms with Crippen LogP contribution in [-0.4, -0.2) is 60.1 Å². The Hall–Kier alpha value is -3.52. The molecule has 0 aliphatic carbocycles. The molecule has 2 aromatic carbocycles. The van der Waals surface area contributed by atoms with Crippen molar-refractivity contribution in [2.75, 3.05) is 34.0 Å². The minimum absolute atomic E-state index is 0.111. The molecule has 8 nitrogen and oxygen atoms in total. The molecule has 1 amide bonds. The Morgan fingerprint density at radius 3 is 2.61 bits per heavy atom. The summed E-state index contributed by atoms with van der Waals surface area (Å²) in [6, 6.07) is 12.4. The third kappa shape index (κ3) is 5.18. The fraction of sp³-hybridized carbons (Fsp3) is 0.429. The number of rotatable bonds is 13. The maximum atomic E-state index is 13.4. The highest BCUT2D eigenvalue weighted by Crippen LogP contribution is 2.45. The Balaban J connectivity index is 1.71. The van der Waals surface area contributed by atoms with E-state index < -0.39 is 6.04 Å². The van der Waals surface area contributed by atoms with Crippen molar-refractivity contribution >= 4 is 5.91 Å². The lowest BCUT2D eigenvalue weighted by molar-refractivity contribution is 0.0723. The molecule has 0 spiro atoms. The molecule has 0 bridgehead atoms. The zero-order valence-corrected chi connectivity index (χ0v) is 21.3. The van der Waals surface area contributed by atoms with E-state index in [-0.39, 0.29) is 11.7 Å². The minimum Gasteiger partial charge on any atom is -0.507 e. The average Bonchev–Trinajstić information content (AvgIpc) is 3.43. The molecule has 0 saturated heterocycles. The monoisotopic (exact) mass is 493 g/mol. The van der Waals surface area contributed by atoms with E-state index in [2.05, 4.69) is 17.1 Å². The summed E-state index contributed by atoms with van der Waals surface area (Å²) in [5.41, 5.74) is 3.20. The van der Waals surface area contributed by atoms with Crippen molar-refractivity contribution in [2.24, 2.45) is 0 Å². The second kappa shape index (κ2) is 11.9. The first-order valence-corrected chi connectivity index (χ1v) is 12.6. The summed E-state index contributed by atoms with van der Waals surface area (Å²) in [5.74, 6) is 1.28. The number of aromatic nitrogens is 2. The van der Waals surface area contributed by atoms with Crippen molar-refractivity contribution < 1.29 is 24.1 Å². The lowest BCUT2D eigenvalue weighted by Crippen LogP contribution is -2.31. The highest BCUT2D eigenvalue weighted by molar-refractivity contribution is 6.00.